The van der Waals surface area contributed by atoms with Gasteiger partial charge in [-0.3, -0.25) is 4.79 Å². The molecule has 1 unspecified atom stereocenters. The fourth-order valence-corrected chi connectivity index (χ4v) is 1.93. The number of carbonyl (C=O) groups is 1. The first-order valence-electron chi connectivity index (χ1n) is 4.82. The van der Waals surface area contributed by atoms with Crippen LogP contribution in [0, 0.1) is 0 Å². The third kappa shape index (κ3) is 1.89. The van der Waals surface area contributed by atoms with Crippen molar-refractivity contribution in [3.63, 3.8) is 0 Å². The summed E-state index contributed by atoms with van der Waals surface area (Å²) in [7, 11) is 0. The zero-order chi connectivity index (χ0) is 11.7. The van der Waals surface area contributed by atoms with E-state index in [1.54, 1.807) is 12.3 Å². The second-order valence-corrected chi connectivity index (χ2v) is 4.00. The predicted molar refractivity (Wildman–Crippen MR) is 62.6 cm³/mol. The van der Waals surface area contributed by atoms with Gasteiger partial charge in [0.2, 0.25) is 0 Å². The van der Waals surface area contributed by atoms with Crippen LogP contribution in [0.1, 0.15) is 5.56 Å². The van der Waals surface area contributed by atoms with Crippen molar-refractivity contribution in [2.75, 3.05) is 0 Å². The minimum atomic E-state index is -1.02. The number of rotatable bonds is 3. The maximum Gasteiger partial charge on any atom is 0.320 e. The summed E-state index contributed by atoms with van der Waals surface area (Å²) < 4.78 is 0. The van der Waals surface area contributed by atoms with Gasteiger partial charge in [-0.15, -0.1) is 0 Å². The molecule has 16 heavy (non-hydrogen) atoms. The van der Waals surface area contributed by atoms with Crippen molar-refractivity contribution in [2.45, 2.75) is 12.5 Å². The molecular formula is C11H11ClN2O2. The summed E-state index contributed by atoms with van der Waals surface area (Å²) in [6.45, 7) is 0. The average molecular weight is 239 g/mol. The van der Waals surface area contributed by atoms with Crippen LogP contribution in [-0.4, -0.2) is 22.1 Å². The lowest BCUT2D eigenvalue weighted by atomic mass is 10.0. The van der Waals surface area contributed by atoms with Crippen LogP contribution in [0.15, 0.2) is 24.4 Å². The SMILES string of the molecule is NC(Cc1ccc2[nH]ccc2c1Cl)C(=O)O. The number of hydrogen-bond donors (Lipinski definition) is 3. The Morgan fingerprint density at radius 3 is 2.94 bits per heavy atom. The third-order valence-corrected chi connectivity index (χ3v) is 2.95. The van der Waals surface area contributed by atoms with E-state index in [9.17, 15) is 4.79 Å². The second kappa shape index (κ2) is 4.15. The van der Waals surface area contributed by atoms with E-state index in [0.29, 0.717) is 5.02 Å². The van der Waals surface area contributed by atoms with Crippen LogP contribution in [0.3, 0.4) is 0 Å². The first-order valence-corrected chi connectivity index (χ1v) is 5.20. The molecule has 0 bridgehead atoms. The summed E-state index contributed by atoms with van der Waals surface area (Å²) in [6, 6.07) is 4.59. The quantitative estimate of drug-likeness (QED) is 0.763. The van der Waals surface area contributed by atoms with E-state index in [1.165, 1.54) is 0 Å². The normalized spacial score (nSPS) is 12.9. The van der Waals surface area contributed by atoms with Crippen LogP contribution in [0.5, 0.6) is 0 Å². The van der Waals surface area contributed by atoms with Gasteiger partial charge in [-0.25, -0.2) is 0 Å². The highest BCUT2D eigenvalue weighted by atomic mass is 35.5. The van der Waals surface area contributed by atoms with Gasteiger partial charge in [0, 0.05) is 17.1 Å². The predicted octanol–water partition coefficient (Wildman–Crippen LogP) is 1.78. The molecule has 0 saturated carbocycles. The molecule has 0 aliphatic carbocycles. The lowest BCUT2D eigenvalue weighted by Gasteiger charge is -2.08. The molecule has 0 radical (unpaired) electrons. The number of aromatic amines is 1. The molecule has 1 atom stereocenters. The molecule has 0 fully saturated rings. The Balaban J connectivity index is 2.37. The smallest absolute Gasteiger partial charge is 0.320 e. The number of H-pyrrole nitrogens is 1. The number of carboxylic acid groups (broad SMARTS) is 1. The third-order valence-electron chi connectivity index (χ3n) is 2.51. The van der Waals surface area contributed by atoms with Gasteiger partial charge in [0.15, 0.2) is 0 Å². The summed E-state index contributed by atoms with van der Waals surface area (Å²) in [6.07, 6.45) is 2.02. The molecule has 84 valence electrons. The van der Waals surface area contributed by atoms with Gasteiger partial charge >= 0.3 is 5.97 Å². The highest BCUT2D eigenvalue weighted by molar-refractivity contribution is 6.36. The number of aromatic nitrogens is 1. The van der Waals surface area contributed by atoms with E-state index in [4.69, 9.17) is 22.4 Å². The Labute approximate surface area is 97.0 Å². The van der Waals surface area contributed by atoms with Crippen LogP contribution in [0.4, 0.5) is 0 Å². The number of halogens is 1. The number of fused-ring (bicyclic) bond motifs is 1. The van der Waals surface area contributed by atoms with Crippen molar-refractivity contribution in [2.24, 2.45) is 5.73 Å². The van der Waals surface area contributed by atoms with Crippen molar-refractivity contribution in [1.29, 1.82) is 0 Å². The summed E-state index contributed by atoms with van der Waals surface area (Å²) in [4.78, 5) is 13.7. The molecule has 1 heterocycles. The topological polar surface area (TPSA) is 79.1 Å². The molecule has 4 nitrogen and oxygen atoms in total. The van der Waals surface area contributed by atoms with Crippen LogP contribution < -0.4 is 5.73 Å². The van der Waals surface area contributed by atoms with Gasteiger partial charge in [0.1, 0.15) is 6.04 Å². The molecular weight excluding hydrogens is 228 g/mol. The number of hydrogen-bond acceptors (Lipinski definition) is 2. The molecule has 4 N–H and O–H groups in total. The zero-order valence-electron chi connectivity index (χ0n) is 8.40. The molecule has 2 rings (SSSR count). The van der Waals surface area contributed by atoms with E-state index in [2.05, 4.69) is 4.98 Å². The summed E-state index contributed by atoms with van der Waals surface area (Å²) in [5.74, 6) is -1.02. The molecule has 0 amide bonds. The van der Waals surface area contributed by atoms with Crippen LogP contribution in [0.2, 0.25) is 5.02 Å². The Morgan fingerprint density at radius 2 is 2.25 bits per heavy atom. The summed E-state index contributed by atoms with van der Waals surface area (Å²) >= 11 is 6.16. The van der Waals surface area contributed by atoms with E-state index in [0.717, 1.165) is 16.5 Å². The molecule has 0 spiro atoms. The van der Waals surface area contributed by atoms with Gasteiger partial charge in [-0.2, -0.15) is 0 Å². The molecule has 0 aliphatic rings. The average Bonchev–Trinajstić information content (AvgIpc) is 2.70. The minimum absolute atomic E-state index is 0.231. The first kappa shape index (κ1) is 11.0. The van der Waals surface area contributed by atoms with Gasteiger partial charge in [0.05, 0.1) is 5.02 Å². The second-order valence-electron chi connectivity index (χ2n) is 3.63. The Hall–Kier alpha value is -1.52. The fourth-order valence-electron chi connectivity index (χ4n) is 1.62. The van der Waals surface area contributed by atoms with Crippen molar-refractivity contribution in [3.8, 4) is 0 Å². The number of nitrogens with two attached hydrogens (primary N) is 1. The fraction of sp³-hybridized carbons (Fsp3) is 0.182. The lowest BCUT2D eigenvalue weighted by molar-refractivity contribution is -0.138. The van der Waals surface area contributed by atoms with Crippen LogP contribution in [-0.2, 0) is 11.2 Å². The van der Waals surface area contributed by atoms with E-state index < -0.39 is 12.0 Å². The Bertz CT molecular complexity index is 536. The Morgan fingerprint density at radius 1 is 1.50 bits per heavy atom. The monoisotopic (exact) mass is 238 g/mol. The summed E-state index contributed by atoms with van der Waals surface area (Å²) in [5, 5.41) is 10.2. The van der Waals surface area contributed by atoms with E-state index >= 15 is 0 Å². The number of nitrogens with one attached hydrogen (secondary N) is 1. The number of carboxylic acids is 1. The Kier molecular flexibility index (Phi) is 2.85. The molecule has 0 aliphatic heterocycles. The van der Waals surface area contributed by atoms with E-state index in [-0.39, 0.29) is 6.42 Å². The number of benzene rings is 1. The maximum absolute atomic E-state index is 10.7. The lowest BCUT2D eigenvalue weighted by Crippen LogP contribution is -2.32. The van der Waals surface area contributed by atoms with E-state index in [1.807, 2.05) is 12.1 Å². The van der Waals surface area contributed by atoms with Crippen molar-refractivity contribution < 1.29 is 9.90 Å². The molecule has 2 aromatic rings. The molecule has 1 aromatic carbocycles. The van der Waals surface area contributed by atoms with Gasteiger partial charge in [-0.1, -0.05) is 17.7 Å². The standard InChI is InChI=1S/C11H11ClN2O2/c12-10-6(5-8(13)11(15)16)1-2-9-7(10)3-4-14-9/h1-4,8,14H,5,13H2,(H,15,16). The van der Waals surface area contributed by atoms with Crippen molar-refractivity contribution in [3.05, 3.63) is 35.0 Å². The zero-order valence-corrected chi connectivity index (χ0v) is 9.16. The highest BCUT2D eigenvalue weighted by Gasteiger charge is 2.15. The molecule has 1 aromatic heterocycles. The van der Waals surface area contributed by atoms with Gasteiger partial charge in [0.25, 0.3) is 0 Å². The number of aliphatic carboxylic acids is 1. The molecule has 0 saturated heterocycles. The van der Waals surface area contributed by atoms with Gasteiger partial charge in [-0.05, 0) is 24.1 Å². The minimum Gasteiger partial charge on any atom is -0.480 e. The van der Waals surface area contributed by atoms with Crippen LogP contribution >= 0.6 is 11.6 Å². The highest BCUT2D eigenvalue weighted by Crippen LogP contribution is 2.27. The van der Waals surface area contributed by atoms with Crippen molar-refractivity contribution >= 4 is 28.5 Å². The first-order chi connectivity index (χ1) is 7.59. The van der Waals surface area contributed by atoms with Gasteiger partial charge < -0.3 is 15.8 Å². The molecule has 5 heteroatoms. The maximum atomic E-state index is 10.7. The van der Waals surface area contributed by atoms with Crippen molar-refractivity contribution in [1.82, 2.24) is 4.98 Å². The van der Waals surface area contributed by atoms with Crippen LogP contribution in [0.25, 0.3) is 10.9 Å². The summed E-state index contributed by atoms with van der Waals surface area (Å²) in [5.41, 5.74) is 7.15. The largest absolute Gasteiger partial charge is 0.480 e.